The number of carbonyl (C=O) groups excluding carboxylic acids is 1. The number of hydrogen-bond acceptors (Lipinski definition) is 5. The van der Waals surface area contributed by atoms with E-state index in [4.69, 9.17) is 21.1 Å². The van der Waals surface area contributed by atoms with Crippen molar-refractivity contribution in [3.8, 4) is 11.5 Å². The van der Waals surface area contributed by atoms with Gasteiger partial charge in [0.25, 0.3) is 10.0 Å². The fourth-order valence-corrected chi connectivity index (χ4v) is 3.85. The lowest BCUT2D eigenvalue weighted by Crippen LogP contribution is -2.31. The van der Waals surface area contributed by atoms with Gasteiger partial charge in [-0.2, -0.15) is 0 Å². The largest absolute Gasteiger partial charge is 0.490 e. The van der Waals surface area contributed by atoms with Crippen molar-refractivity contribution in [3.05, 3.63) is 51.5 Å². The van der Waals surface area contributed by atoms with E-state index in [1.807, 2.05) is 13.8 Å². The third kappa shape index (κ3) is 5.85. The summed E-state index contributed by atoms with van der Waals surface area (Å²) < 4.78 is 38.3. The lowest BCUT2D eigenvalue weighted by atomic mass is 10.1. The third-order valence-electron chi connectivity index (χ3n) is 3.44. The summed E-state index contributed by atoms with van der Waals surface area (Å²) >= 11 is 9.14. The van der Waals surface area contributed by atoms with Gasteiger partial charge in [-0.1, -0.05) is 27.5 Å². The zero-order valence-electron chi connectivity index (χ0n) is 14.8. The molecule has 0 aliphatic heterocycles. The summed E-state index contributed by atoms with van der Waals surface area (Å²) in [5.41, 5.74) is 0.575. The maximum absolute atomic E-state index is 12.3. The molecule has 0 atom stereocenters. The molecule has 2 rings (SSSR count). The van der Waals surface area contributed by atoms with Crippen LogP contribution in [0, 0.1) is 0 Å². The van der Waals surface area contributed by atoms with Crippen molar-refractivity contribution >= 4 is 43.5 Å². The summed E-state index contributed by atoms with van der Waals surface area (Å²) in [7, 11) is -3.98. The first-order chi connectivity index (χ1) is 12.8. The third-order valence-corrected chi connectivity index (χ3v) is 5.81. The molecular weight excluding hydrogens is 458 g/mol. The predicted molar refractivity (Wildman–Crippen MR) is 107 cm³/mol. The van der Waals surface area contributed by atoms with Gasteiger partial charge in [-0.05, 0) is 55.8 Å². The molecule has 0 fully saturated rings. The standard InChI is InChI=1S/C18H19BrClNO5S/c1-3-25-16-9-12(15(19)11-17(16)26-4-2)10-18(22)21-27(23,24)14-7-5-13(20)6-8-14/h5-9,11H,3-4,10H2,1-2H3,(H,21,22). The number of rotatable bonds is 8. The van der Waals surface area contributed by atoms with Crippen LogP contribution in [0.2, 0.25) is 5.02 Å². The number of carbonyl (C=O) groups is 1. The van der Waals surface area contributed by atoms with E-state index in [-0.39, 0.29) is 11.3 Å². The Kier molecular flexibility index (Phi) is 7.52. The van der Waals surface area contributed by atoms with Crippen LogP contribution in [0.1, 0.15) is 19.4 Å². The molecule has 0 bridgehead atoms. The fraction of sp³-hybridized carbons (Fsp3) is 0.278. The summed E-state index contributed by atoms with van der Waals surface area (Å²) in [4.78, 5) is 12.3. The molecule has 0 aliphatic carbocycles. The van der Waals surface area contributed by atoms with Crippen LogP contribution in [0.15, 0.2) is 45.8 Å². The number of ether oxygens (including phenoxy) is 2. The number of halogens is 2. The van der Waals surface area contributed by atoms with Gasteiger partial charge in [-0.15, -0.1) is 0 Å². The van der Waals surface area contributed by atoms with E-state index in [9.17, 15) is 13.2 Å². The lowest BCUT2D eigenvalue weighted by molar-refractivity contribution is -0.118. The molecule has 0 unspecified atom stereocenters. The van der Waals surface area contributed by atoms with Gasteiger partial charge >= 0.3 is 0 Å². The number of sulfonamides is 1. The molecule has 27 heavy (non-hydrogen) atoms. The molecule has 0 radical (unpaired) electrons. The van der Waals surface area contributed by atoms with Crippen LogP contribution in [-0.2, 0) is 21.2 Å². The Morgan fingerprint density at radius 2 is 1.63 bits per heavy atom. The van der Waals surface area contributed by atoms with Crippen molar-refractivity contribution in [1.82, 2.24) is 4.72 Å². The van der Waals surface area contributed by atoms with Crippen LogP contribution < -0.4 is 14.2 Å². The molecule has 0 aromatic heterocycles. The monoisotopic (exact) mass is 475 g/mol. The number of benzene rings is 2. The van der Waals surface area contributed by atoms with Crippen molar-refractivity contribution in [2.75, 3.05) is 13.2 Å². The molecule has 146 valence electrons. The SMILES string of the molecule is CCOc1cc(Br)c(CC(=O)NS(=O)(=O)c2ccc(Cl)cc2)cc1OCC. The summed E-state index contributed by atoms with van der Waals surface area (Å²) in [6.45, 7) is 4.58. The van der Waals surface area contributed by atoms with Gasteiger partial charge in [-0.25, -0.2) is 13.1 Å². The van der Waals surface area contributed by atoms with E-state index in [1.165, 1.54) is 24.3 Å². The van der Waals surface area contributed by atoms with E-state index < -0.39 is 15.9 Å². The lowest BCUT2D eigenvalue weighted by Gasteiger charge is -2.14. The van der Waals surface area contributed by atoms with Crippen molar-refractivity contribution in [2.45, 2.75) is 25.2 Å². The Morgan fingerprint density at radius 3 is 2.19 bits per heavy atom. The van der Waals surface area contributed by atoms with E-state index in [2.05, 4.69) is 20.7 Å². The highest BCUT2D eigenvalue weighted by atomic mass is 79.9. The van der Waals surface area contributed by atoms with Crippen LogP contribution in [0.3, 0.4) is 0 Å². The Labute approximate surface area is 172 Å². The maximum atomic E-state index is 12.3. The normalized spacial score (nSPS) is 11.1. The molecule has 1 N–H and O–H groups in total. The maximum Gasteiger partial charge on any atom is 0.264 e. The smallest absolute Gasteiger partial charge is 0.264 e. The van der Waals surface area contributed by atoms with Crippen LogP contribution in [-0.4, -0.2) is 27.5 Å². The molecule has 6 nitrogen and oxygen atoms in total. The zero-order chi connectivity index (χ0) is 20.0. The number of hydrogen-bond donors (Lipinski definition) is 1. The van der Waals surface area contributed by atoms with Gasteiger partial charge in [0.1, 0.15) is 0 Å². The van der Waals surface area contributed by atoms with Crippen molar-refractivity contribution in [3.63, 3.8) is 0 Å². The average molecular weight is 477 g/mol. The Hall–Kier alpha value is -1.77. The molecule has 1 amide bonds. The molecule has 2 aromatic carbocycles. The highest BCUT2D eigenvalue weighted by Gasteiger charge is 2.19. The number of nitrogens with one attached hydrogen (secondary N) is 1. The zero-order valence-corrected chi connectivity index (χ0v) is 17.9. The van der Waals surface area contributed by atoms with E-state index in [0.29, 0.717) is 39.8 Å². The summed E-state index contributed by atoms with van der Waals surface area (Å²) in [6, 6.07) is 8.91. The van der Waals surface area contributed by atoms with Crippen LogP contribution in [0.25, 0.3) is 0 Å². The van der Waals surface area contributed by atoms with Crippen LogP contribution >= 0.6 is 27.5 Å². The Balaban J connectivity index is 2.19. The average Bonchev–Trinajstić information content (AvgIpc) is 2.59. The van der Waals surface area contributed by atoms with Crippen LogP contribution in [0.4, 0.5) is 0 Å². The molecule has 0 spiro atoms. The minimum absolute atomic E-state index is 0.0407. The molecule has 2 aromatic rings. The highest BCUT2D eigenvalue weighted by molar-refractivity contribution is 9.10. The predicted octanol–water partition coefficient (Wildman–Crippen LogP) is 3.95. The van der Waals surface area contributed by atoms with E-state index >= 15 is 0 Å². The first-order valence-electron chi connectivity index (χ1n) is 8.16. The molecule has 0 saturated heterocycles. The van der Waals surface area contributed by atoms with E-state index in [0.717, 1.165) is 0 Å². The first kappa shape index (κ1) is 21.5. The van der Waals surface area contributed by atoms with Gasteiger partial charge < -0.3 is 9.47 Å². The molecule has 0 aliphatic rings. The molecule has 0 saturated carbocycles. The van der Waals surface area contributed by atoms with Gasteiger partial charge in [0.2, 0.25) is 5.91 Å². The molecule has 9 heteroatoms. The number of amides is 1. The van der Waals surface area contributed by atoms with Gasteiger partial charge in [0, 0.05) is 9.50 Å². The quantitative estimate of drug-likeness (QED) is 0.624. The second kappa shape index (κ2) is 9.43. The van der Waals surface area contributed by atoms with Gasteiger partial charge in [0.05, 0.1) is 24.5 Å². The van der Waals surface area contributed by atoms with Crippen molar-refractivity contribution in [2.24, 2.45) is 0 Å². The minimum Gasteiger partial charge on any atom is -0.490 e. The van der Waals surface area contributed by atoms with Gasteiger partial charge in [0.15, 0.2) is 11.5 Å². The molecule has 0 heterocycles. The highest BCUT2D eigenvalue weighted by Crippen LogP contribution is 2.34. The fourth-order valence-electron chi connectivity index (χ4n) is 2.28. The second-order valence-corrected chi connectivity index (χ2v) is 8.39. The molecular formula is C18H19BrClNO5S. The minimum atomic E-state index is -3.98. The van der Waals surface area contributed by atoms with Crippen molar-refractivity contribution < 1.29 is 22.7 Å². The second-order valence-electron chi connectivity index (χ2n) is 5.42. The van der Waals surface area contributed by atoms with Gasteiger partial charge in [-0.3, -0.25) is 4.79 Å². The Bertz CT molecular complexity index is 916. The van der Waals surface area contributed by atoms with Crippen LogP contribution in [0.5, 0.6) is 11.5 Å². The Morgan fingerprint density at radius 1 is 1.07 bits per heavy atom. The first-order valence-corrected chi connectivity index (χ1v) is 10.8. The topological polar surface area (TPSA) is 81.7 Å². The summed E-state index contributed by atoms with van der Waals surface area (Å²) in [6.07, 6.45) is -0.153. The summed E-state index contributed by atoms with van der Waals surface area (Å²) in [5, 5.41) is 0.405. The van der Waals surface area contributed by atoms with Crippen molar-refractivity contribution in [1.29, 1.82) is 0 Å². The summed E-state index contributed by atoms with van der Waals surface area (Å²) in [5.74, 6) is 0.368. The van der Waals surface area contributed by atoms with E-state index in [1.54, 1.807) is 12.1 Å².